The van der Waals surface area contributed by atoms with Crippen LogP contribution in [0, 0.1) is 25.2 Å². The monoisotopic (exact) mass is 921 g/mol. The maximum atomic E-state index is 14.7. The number of nitrogens with zero attached hydrogens (tertiary/aromatic N) is 4. The topological polar surface area (TPSA) is 301 Å². The van der Waals surface area contributed by atoms with E-state index in [-0.39, 0.29) is 57.8 Å². The Bertz CT molecular complexity index is 2420. The lowest BCUT2D eigenvalue weighted by atomic mass is 9.93. The Hall–Kier alpha value is -7.18. The zero-order chi connectivity index (χ0) is 48.6. The number of aromatic nitrogens is 2. The number of rotatable bonds is 19. The van der Waals surface area contributed by atoms with E-state index in [1.807, 2.05) is 6.07 Å². The van der Waals surface area contributed by atoms with Gasteiger partial charge in [0.2, 0.25) is 23.6 Å². The average Bonchev–Trinajstić information content (AvgIpc) is 3.31. The number of methoxy groups -OCH3 is 1. The number of aryl methyl sites for hydroxylation is 2. The number of benzene rings is 3. The number of nitriles is 1. The van der Waals surface area contributed by atoms with Crippen LogP contribution in [0.2, 0.25) is 0 Å². The number of hydrogen-bond donors (Lipinski definition) is 7. The third-order valence-electron chi connectivity index (χ3n) is 10.8. The van der Waals surface area contributed by atoms with Crippen molar-refractivity contribution in [3.05, 3.63) is 88.7 Å². The van der Waals surface area contributed by atoms with Crippen LogP contribution in [0.15, 0.2) is 60.7 Å². The van der Waals surface area contributed by atoms with E-state index >= 15 is 0 Å². The highest BCUT2D eigenvalue weighted by Gasteiger charge is 2.36. The van der Waals surface area contributed by atoms with Gasteiger partial charge in [0.1, 0.15) is 67.8 Å². The average molecular weight is 922 g/mol. The molecule has 1 aliphatic rings. The van der Waals surface area contributed by atoms with E-state index in [0.717, 1.165) is 0 Å². The summed E-state index contributed by atoms with van der Waals surface area (Å²) >= 11 is 0. The van der Waals surface area contributed by atoms with E-state index < -0.39 is 53.7 Å². The first-order chi connectivity index (χ1) is 32.2. The minimum absolute atomic E-state index is 0.00436. The molecule has 356 valence electrons. The molecule has 0 saturated heterocycles. The molecule has 67 heavy (non-hydrogen) atoms. The normalized spacial score (nSPS) is 16.3. The lowest BCUT2D eigenvalue weighted by Gasteiger charge is -2.32. The molecule has 0 aliphatic carbocycles. The van der Waals surface area contributed by atoms with Crippen LogP contribution < -0.4 is 52.7 Å². The molecule has 20 nitrogen and oxygen atoms in total. The van der Waals surface area contributed by atoms with Gasteiger partial charge in [0.15, 0.2) is 5.82 Å². The molecule has 0 fully saturated rings. The Morgan fingerprint density at radius 3 is 2.10 bits per heavy atom. The van der Waals surface area contributed by atoms with Crippen molar-refractivity contribution in [3.63, 3.8) is 0 Å². The standard InChI is InChI=1S/C47H59N11O9/c1-27-40(28(2)54-42(53-27)31-7-10-33(11-8-31)65-23-22-64-5)45(61)56-36(14-15-48)47(63)58(4)41-32-9-13-39(67-21-18-51)35(26-32)34-24-30(6-12-38(34)66-20-17-50)25-37(44(60)52-19-16-49)57-43(59)29(3)55-46(41)62/h6-13,24,26,29,36-37,41H,14-15,17-23,25,48,50-51H2,1-5H3,(H,52,60)(H,55,62)(H,56,61)(H,57,59)/t29-,36?,37-,41-/m0/s1. The maximum Gasteiger partial charge on any atom is 0.255 e. The number of ether oxygens (including phenoxy) is 4. The van der Waals surface area contributed by atoms with Crippen LogP contribution in [0.4, 0.5) is 0 Å². The summed E-state index contributed by atoms with van der Waals surface area (Å²) in [6, 6.07) is 14.1. The predicted molar refractivity (Wildman–Crippen MR) is 248 cm³/mol. The van der Waals surface area contributed by atoms with Gasteiger partial charge in [0.25, 0.3) is 5.91 Å². The Balaban J connectivity index is 1.54. The van der Waals surface area contributed by atoms with Crippen molar-refractivity contribution >= 4 is 29.5 Å². The molecule has 3 aromatic carbocycles. The highest BCUT2D eigenvalue weighted by atomic mass is 16.5. The Morgan fingerprint density at radius 2 is 1.49 bits per heavy atom. The molecule has 0 radical (unpaired) electrons. The molecule has 4 atom stereocenters. The maximum absolute atomic E-state index is 14.7. The first-order valence-electron chi connectivity index (χ1n) is 21.8. The van der Waals surface area contributed by atoms with Crippen LogP contribution in [0.3, 0.4) is 0 Å². The number of fused-ring (bicyclic) bond motifs is 5. The van der Waals surface area contributed by atoms with E-state index in [4.69, 9.17) is 41.4 Å². The van der Waals surface area contributed by atoms with Crippen molar-refractivity contribution in [3.8, 4) is 45.8 Å². The highest BCUT2D eigenvalue weighted by molar-refractivity contribution is 6.00. The molecular formula is C47H59N11O9. The summed E-state index contributed by atoms with van der Waals surface area (Å²) in [5, 5.41) is 19.9. The zero-order valence-corrected chi connectivity index (χ0v) is 38.3. The molecule has 1 aromatic heterocycles. The number of nitrogens with two attached hydrogens (primary N) is 3. The number of amides is 5. The fraction of sp³-hybridized carbons (Fsp3) is 0.404. The summed E-state index contributed by atoms with van der Waals surface area (Å²) in [4.78, 5) is 80.9. The molecule has 2 heterocycles. The number of nitrogens with one attached hydrogen (secondary N) is 4. The van der Waals surface area contributed by atoms with E-state index in [1.54, 1.807) is 81.6 Å². The quantitative estimate of drug-likeness (QED) is 0.0509. The minimum atomic E-state index is -1.42. The van der Waals surface area contributed by atoms with Crippen molar-refractivity contribution in [2.75, 3.05) is 66.8 Å². The summed E-state index contributed by atoms with van der Waals surface area (Å²) in [5.41, 5.74) is 21.1. The van der Waals surface area contributed by atoms with E-state index in [9.17, 15) is 24.0 Å². The summed E-state index contributed by atoms with van der Waals surface area (Å²) < 4.78 is 22.9. The highest BCUT2D eigenvalue weighted by Crippen LogP contribution is 2.40. The summed E-state index contributed by atoms with van der Waals surface area (Å²) in [7, 11) is 3.00. The van der Waals surface area contributed by atoms with Crippen LogP contribution in [-0.4, -0.2) is 129 Å². The predicted octanol–water partition coefficient (Wildman–Crippen LogP) is 0.960. The van der Waals surface area contributed by atoms with Crippen LogP contribution in [0.5, 0.6) is 17.2 Å². The molecule has 20 heteroatoms. The van der Waals surface area contributed by atoms with Gasteiger partial charge in [-0.25, -0.2) is 9.97 Å². The first kappa shape index (κ1) is 50.8. The van der Waals surface area contributed by atoms with Crippen molar-refractivity contribution in [1.82, 2.24) is 36.1 Å². The summed E-state index contributed by atoms with van der Waals surface area (Å²) in [6.07, 6.45) is -0.0193. The van der Waals surface area contributed by atoms with Crippen LogP contribution in [-0.2, 0) is 30.3 Å². The van der Waals surface area contributed by atoms with Crippen LogP contribution in [0.1, 0.15) is 52.3 Å². The summed E-state index contributed by atoms with van der Waals surface area (Å²) in [6.45, 7) is 5.92. The molecule has 4 bridgehead atoms. The first-order valence-corrected chi connectivity index (χ1v) is 21.8. The second kappa shape index (κ2) is 24.4. The molecule has 10 N–H and O–H groups in total. The second-order valence-corrected chi connectivity index (χ2v) is 15.6. The summed E-state index contributed by atoms with van der Waals surface area (Å²) in [5.74, 6) is -1.63. The molecule has 4 aromatic rings. The molecular weight excluding hydrogens is 863 g/mol. The smallest absolute Gasteiger partial charge is 0.255 e. The van der Waals surface area contributed by atoms with Crippen LogP contribution in [0.25, 0.3) is 22.5 Å². The molecule has 1 unspecified atom stereocenters. The van der Waals surface area contributed by atoms with Crippen molar-refractivity contribution < 1.29 is 42.9 Å². The number of carbonyl (C=O) groups excluding carboxylic acids is 5. The van der Waals surface area contributed by atoms with Gasteiger partial charge in [-0.15, -0.1) is 0 Å². The second-order valence-electron chi connectivity index (χ2n) is 15.6. The van der Waals surface area contributed by atoms with Gasteiger partial charge in [-0.2, -0.15) is 5.26 Å². The zero-order valence-electron chi connectivity index (χ0n) is 38.3. The van der Waals surface area contributed by atoms with Gasteiger partial charge in [0.05, 0.1) is 29.6 Å². The van der Waals surface area contributed by atoms with Gasteiger partial charge in [-0.05, 0) is 93.4 Å². The Labute approximate surface area is 389 Å². The van der Waals surface area contributed by atoms with Gasteiger partial charge >= 0.3 is 0 Å². The molecule has 5 rings (SSSR count). The number of likely N-dealkylation sites (N-methyl/N-ethyl adjacent to an activating group) is 1. The van der Waals surface area contributed by atoms with Crippen molar-refractivity contribution in [2.24, 2.45) is 17.2 Å². The van der Waals surface area contributed by atoms with Crippen LogP contribution >= 0.6 is 0 Å². The van der Waals surface area contributed by atoms with E-state index in [1.165, 1.54) is 18.9 Å². The Kier molecular flexibility index (Phi) is 18.5. The molecule has 1 aliphatic heterocycles. The van der Waals surface area contributed by atoms with Gasteiger partial charge in [0, 0.05) is 50.4 Å². The number of carbonyl (C=O) groups is 5. The molecule has 0 spiro atoms. The van der Waals surface area contributed by atoms with Gasteiger partial charge in [-0.1, -0.05) is 12.1 Å². The number of hydrogen-bond acceptors (Lipinski definition) is 15. The van der Waals surface area contributed by atoms with Gasteiger partial charge < -0.3 is 62.3 Å². The van der Waals surface area contributed by atoms with Crippen molar-refractivity contribution in [2.45, 2.75) is 57.8 Å². The Morgan fingerprint density at radius 1 is 0.851 bits per heavy atom. The van der Waals surface area contributed by atoms with Gasteiger partial charge in [-0.3, -0.25) is 24.0 Å². The van der Waals surface area contributed by atoms with E-state index in [0.29, 0.717) is 75.5 Å². The SMILES string of the molecule is COCCOc1ccc(-c2nc(C)c(C(=O)NC(CCN)C(=O)N(C)[C@@H]3C(=O)N[C@@H](C)C(=O)N[C@H](C(=O)NCC#N)Cc4ccc(OCCN)c(c4)-c4cc3ccc4OCCN)c(C)n2)cc1. The fourth-order valence-electron chi connectivity index (χ4n) is 7.48. The largest absolute Gasteiger partial charge is 0.492 e. The molecule has 5 amide bonds. The third-order valence-corrected chi connectivity index (χ3v) is 10.8. The van der Waals surface area contributed by atoms with E-state index in [2.05, 4.69) is 31.2 Å². The van der Waals surface area contributed by atoms with Crippen molar-refractivity contribution in [1.29, 1.82) is 5.26 Å². The fourth-order valence-corrected chi connectivity index (χ4v) is 7.48. The molecule has 0 saturated carbocycles. The lowest BCUT2D eigenvalue weighted by Crippen LogP contribution is -2.56. The lowest BCUT2D eigenvalue weighted by molar-refractivity contribution is -0.141. The third kappa shape index (κ3) is 13.0. The minimum Gasteiger partial charge on any atom is -0.492 e.